The quantitative estimate of drug-likeness (QED) is 0.163. The van der Waals surface area contributed by atoms with Gasteiger partial charge in [-0.1, -0.05) is 30.3 Å². The molecule has 0 amide bonds. The van der Waals surface area contributed by atoms with Crippen LogP contribution < -0.4 is 20.9 Å². The Morgan fingerprint density at radius 2 is 1.81 bits per heavy atom. The summed E-state index contributed by atoms with van der Waals surface area (Å²) in [4.78, 5) is 37.6. The fourth-order valence-corrected chi connectivity index (χ4v) is 5.80. The zero-order valence-corrected chi connectivity index (χ0v) is 23.8. The minimum atomic E-state index is -4.92. The molecular weight excluding hydrogens is 605 g/mol. The zero-order valence-electron chi connectivity index (χ0n) is 22.9. The lowest BCUT2D eigenvalue weighted by Gasteiger charge is -2.32. The maximum absolute atomic E-state index is 15.2. The van der Waals surface area contributed by atoms with Crippen molar-refractivity contribution >= 4 is 24.5 Å². The number of benzene rings is 2. The third-order valence-electron chi connectivity index (χ3n) is 6.42. The molecule has 4 rings (SSSR count). The zero-order chi connectivity index (χ0) is 31.7. The van der Waals surface area contributed by atoms with Crippen LogP contribution in [0.25, 0.3) is 10.8 Å². The number of halogens is 4. The molecule has 1 fully saturated rings. The molecule has 3 N–H and O–H groups in total. The number of carbonyl (C=O) groups is 1. The summed E-state index contributed by atoms with van der Waals surface area (Å²) >= 11 is 0. The van der Waals surface area contributed by atoms with Crippen LogP contribution in [0.2, 0.25) is 0 Å². The molecule has 1 aromatic heterocycles. The van der Waals surface area contributed by atoms with Crippen LogP contribution in [-0.4, -0.2) is 63.4 Å². The Kier molecular flexibility index (Phi) is 9.19. The molecule has 5 atom stereocenters. The van der Waals surface area contributed by atoms with E-state index in [1.165, 1.54) is 19.1 Å². The van der Waals surface area contributed by atoms with E-state index in [2.05, 4.69) is 5.09 Å². The number of hydrogen-bond acceptors (Lipinski definition) is 9. The Morgan fingerprint density at radius 1 is 1.14 bits per heavy atom. The predicted molar refractivity (Wildman–Crippen MR) is 143 cm³/mol. The summed E-state index contributed by atoms with van der Waals surface area (Å²) in [6.45, 7) is 2.63. The molecule has 17 heteroatoms. The molecule has 2 heterocycles. The summed E-state index contributed by atoms with van der Waals surface area (Å²) in [5.41, 5.74) is -5.95. The number of nitrogens with zero attached hydrogens (tertiary/aromatic N) is 1. The Bertz CT molecular complexity index is 1650. The molecular formula is C26H28F4N3O9P. The molecule has 234 valence electrons. The topological polar surface area (TPSA) is 158 Å². The average molecular weight is 633 g/mol. The second kappa shape index (κ2) is 12.2. The van der Waals surface area contributed by atoms with E-state index in [4.69, 9.17) is 18.5 Å². The molecule has 1 saturated heterocycles. The van der Waals surface area contributed by atoms with Crippen LogP contribution >= 0.6 is 7.75 Å². The molecule has 12 nitrogen and oxygen atoms in total. The fourth-order valence-electron chi connectivity index (χ4n) is 4.28. The highest BCUT2D eigenvalue weighted by Crippen LogP contribution is 2.53. The lowest BCUT2D eigenvalue weighted by molar-refractivity contribution is -0.193. The number of rotatable bonds is 11. The van der Waals surface area contributed by atoms with Gasteiger partial charge in [-0.05, 0) is 43.7 Å². The van der Waals surface area contributed by atoms with Crippen LogP contribution in [0.4, 0.5) is 17.6 Å². The summed E-state index contributed by atoms with van der Waals surface area (Å²) in [6, 6.07) is 10.6. The number of esters is 1. The van der Waals surface area contributed by atoms with Gasteiger partial charge in [0.25, 0.3) is 12.0 Å². The van der Waals surface area contributed by atoms with Crippen molar-refractivity contribution in [2.24, 2.45) is 0 Å². The average Bonchev–Trinajstić information content (AvgIpc) is 3.13. The van der Waals surface area contributed by atoms with Crippen LogP contribution in [0.5, 0.6) is 5.75 Å². The molecule has 1 aliphatic rings. The van der Waals surface area contributed by atoms with Gasteiger partial charge in [-0.2, -0.15) is 13.9 Å². The van der Waals surface area contributed by atoms with Crippen molar-refractivity contribution in [3.63, 3.8) is 0 Å². The van der Waals surface area contributed by atoms with Gasteiger partial charge in [-0.3, -0.25) is 23.7 Å². The lowest BCUT2D eigenvalue weighted by Crippen LogP contribution is -2.54. The second-order valence-corrected chi connectivity index (χ2v) is 11.7. The largest absolute Gasteiger partial charge is 0.462 e. The van der Waals surface area contributed by atoms with E-state index in [9.17, 15) is 32.8 Å². The van der Waals surface area contributed by atoms with Crippen molar-refractivity contribution in [3.8, 4) is 5.75 Å². The number of ether oxygens (including phenoxy) is 2. The van der Waals surface area contributed by atoms with E-state index in [0.29, 0.717) is 17.6 Å². The monoisotopic (exact) mass is 633 g/mol. The Balaban J connectivity index is 1.68. The van der Waals surface area contributed by atoms with E-state index < -0.39 is 74.0 Å². The number of alkyl halides is 4. The van der Waals surface area contributed by atoms with Gasteiger partial charge >= 0.3 is 25.3 Å². The molecule has 1 unspecified atom stereocenters. The van der Waals surface area contributed by atoms with E-state index in [1.54, 1.807) is 49.2 Å². The van der Waals surface area contributed by atoms with Gasteiger partial charge in [0.15, 0.2) is 11.7 Å². The highest BCUT2D eigenvalue weighted by molar-refractivity contribution is 7.52. The molecule has 43 heavy (non-hydrogen) atoms. The van der Waals surface area contributed by atoms with Gasteiger partial charge in [0.1, 0.15) is 11.8 Å². The number of H-pyrrole nitrogens is 1. The minimum absolute atomic E-state index is 0.110. The summed E-state index contributed by atoms with van der Waals surface area (Å²) < 4.78 is 94.0. The number of nitrogens with one attached hydrogen (secondary N) is 2. The highest BCUT2D eigenvalue weighted by atomic mass is 31.2. The third-order valence-corrected chi connectivity index (χ3v) is 8.05. The summed E-state index contributed by atoms with van der Waals surface area (Å²) in [5, 5.41) is 14.1. The van der Waals surface area contributed by atoms with Crippen molar-refractivity contribution in [2.75, 3.05) is 6.61 Å². The molecule has 0 aliphatic carbocycles. The molecule has 1 aliphatic heterocycles. The van der Waals surface area contributed by atoms with Gasteiger partial charge in [0.05, 0.1) is 12.7 Å². The summed E-state index contributed by atoms with van der Waals surface area (Å²) in [5.74, 6) is -5.57. The molecule has 0 radical (unpaired) electrons. The van der Waals surface area contributed by atoms with Gasteiger partial charge < -0.3 is 19.1 Å². The number of aliphatic hydroxyl groups excluding tert-OH is 1. The number of aromatic nitrogens is 2. The first-order valence-corrected chi connectivity index (χ1v) is 14.4. The Hall–Kier alpha value is -3.56. The van der Waals surface area contributed by atoms with Crippen LogP contribution in [0.1, 0.15) is 27.0 Å². The first-order chi connectivity index (χ1) is 20.1. The van der Waals surface area contributed by atoms with Crippen LogP contribution in [0, 0.1) is 0 Å². The maximum atomic E-state index is 15.2. The third kappa shape index (κ3) is 6.68. The van der Waals surface area contributed by atoms with Crippen molar-refractivity contribution in [2.45, 2.75) is 63.2 Å². The van der Waals surface area contributed by atoms with Gasteiger partial charge in [0.2, 0.25) is 6.23 Å². The maximum Gasteiger partial charge on any atom is 0.459 e. The Morgan fingerprint density at radius 3 is 2.44 bits per heavy atom. The molecule has 3 aromatic rings. The molecule has 0 saturated carbocycles. The first-order valence-electron chi connectivity index (χ1n) is 12.8. The smallest absolute Gasteiger partial charge is 0.459 e. The molecule has 0 bridgehead atoms. The number of hydrogen-bond donors (Lipinski definition) is 3. The summed E-state index contributed by atoms with van der Waals surface area (Å²) in [6.07, 6.45) is -10.0. The van der Waals surface area contributed by atoms with E-state index in [1.807, 2.05) is 0 Å². The highest BCUT2D eigenvalue weighted by Gasteiger charge is 2.71. The minimum Gasteiger partial charge on any atom is -0.462 e. The number of fused-ring (bicyclic) bond motifs is 1. The predicted octanol–water partition coefficient (Wildman–Crippen LogP) is 3.35. The fraction of sp³-hybridized carbons (Fsp3) is 0.423. The lowest BCUT2D eigenvalue weighted by atomic mass is 9.96. The van der Waals surface area contributed by atoms with Gasteiger partial charge in [-0.15, -0.1) is 0 Å². The van der Waals surface area contributed by atoms with E-state index >= 15 is 8.78 Å². The van der Waals surface area contributed by atoms with Crippen molar-refractivity contribution in [1.82, 2.24) is 14.6 Å². The van der Waals surface area contributed by atoms with Crippen LogP contribution in [0.15, 0.2) is 64.3 Å². The second-order valence-electron chi connectivity index (χ2n) is 10.0. The van der Waals surface area contributed by atoms with Crippen molar-refractivity contribution in [3.05, 3.63) is 75.6 Å². The van der Waals surface area contributed by atoms with Gasteiger partial charge in [-0.25, -0.2) is 18.1 Å². The van der Waals surface area contributed by atoms with Crippen molar-refractivity contribution < 1.29 is 50.5 Å². The Labute approximate surface area is 241 Å². The van der Waals surface area contributed by atoms with E-state index in [0.717, 1.165) is 5.39 Å². The SMILES string of the molecule is CC(C)OC(=O)[C@H](C)NP(=O)(OC[C@@]1(C(F)F)O[C@@H](n2ccc(=O)[nH]c2=O)C(F)(F)[C@@H]1O)Oc1ccc2ccccc2c1. The van der Waals surface area contributed by atoms with Crippen LogP contribution in [-0.2, 0) is 23.4 Å². The van der Waals surface area contributed by atoms with Crippen molar-refractivity contribution in [1.29, 1.82) is 0 Å². The number of aliphatic hydroxyl groups is 1. The molecule has 2 aromatic carbocycles. The summed E-state index contributed by atoms with van der Waals surface area (Å²) in [7, 11) is -4.92. The first kappa shape index (κ1) is 32.4. The normalized spacial score (nSPS) is 23.8. The molecule has 0 spiro atoms. The number of carbonyl (C=O) groups excluding carboxylic acids is 1. The standard InChI is InChI=1S/C26H28F4N3O9P/c1-14(2)40-20(35)15(3)32-43(38,42-18-9-8-16-6-4-5-7-17(16)12-18)39-13-25(22(27)28)21(36)26(29,30)23(41-25)33-11-10-19(34)31-24(33)37/h4-12,14-15,21-23,36H,13H2,1-3H3,(H,32,38)(H,31,34,37)/t15-,21+,23+,25+,43?/m0/s1. The number of aromatic amines is 1. The van der Waals surface area contributed by atoms with E-state index in [-0.39, 0.29) is 10.3 Å². The van der Waals surface area contributed by atoms with Crippen LogP contribution in [0.3, 0.4) is 0 Å². The van der Waals surface area contributed by atoms with Gasteiger partial charge in [0, 0.05) is 12.3 Å².